The van der Waals surface area contributed by atoms with Crippen molar-refractivity contribution in [2.75, 3.05) is 25.6 Å². The summed E-state index contributed by atoms with van der Waals surface area (Å²) in [6.07, 6.45) is 3.74. The van der Waals surface area contributed by atoms with Crippen LogP contribution in [0.3, 0.4) is 0 Å². The summed E-state index contributed by atoms with van der Waals surface area (Å²) in [5.74, 6) is -0.0909. The largest absolute Gasteiger partial charge is 0.494 e. The van der Waals surface area contributed by atoms with Gasteiger partial charge in [-0.1, -0.05) is 0 Å². The molecular formula is C15H20FNO3. The summed E-state index contributed by atoms with van der Waals surface area (Å²) in [7, 11) is 1.55. The Morgan fingerprint density at radius 1 is 1.25 bits per heavy atom. The number of hydrogen-bond acceptors (Lipinski definition) is 4. The first kappa shape index (κ1) is 13.6. The molecule has 1 saturated carbocycles. The van der Waals surface area contributed by atoms with Gasteiger partial charge in [0.05, 0.1) is 26.0 Å². The van der Waals surface area contributed by atoms with Gasteiger partial charge in [0.25, 0.3) is 0 Å². The van der Waals surface area contributed by atoms with Crippen LogP contribution < -0.4 is 10.1 Å². The molecule has 1 heterocycles. The van der Waals surface area contributed by atoms with Gasteiger partial charge in [-0.15, -0.1) is 0 Å². The SMILES string of the molecule is COc1cc(F)ccc1NC1CCC2(CC1)OCCO2. The van der Waals surface area contributed by atoms with Crippen molar-refractivity contribution in [3.63, 3.8) is 0 Å². The highest BCUT2D eigenvalue weighted by molar-refractivity contribution is 5.57. The summed E-state index contributed by atoms with van der Waals surface area (Å²) in [5.41, 5.74) is 0.836. The van der Waals surface area contributed by atoms with Crippen LogP contribution in [-0.2, 0) is 9.47 Å². The van der Waals surface area contributed by atoms with Gasteiger partial charge in [-0.3, -0.25) is 0 Å². The third kappa shape index (κ3) is 2.74. The summed E-state index contributed by atoms with van der Waals surface area (Å²) >= 11 is 0. The van der Waals surface area contributed by atoms with Crippen molar-refractivity contribution in [3.05, 3.63) is 24.0 Å². The molecule has 1 saturated heterocycles. The minimum atomic E-state index is -0.342. The monoisotopic (exact) mass is 281 g/mol. The standard InChI is InChI=1S/C15H20FNO3/c1-18-14-10-11(16)2-3-13(14)17-12-4-6-15(7-5-12)19-8-9-20-15/h2-3,10,12,17H,4-9H2,1H3. The Kier molecular flexibility index (Phi) is 3.81. The molecule has 20 heavy (non-hydrogen) atoms. The van der Waals surface area contributed by atoms with E-state index in [0.29, 0.717) is 25.0 Å². The van der Waals surface area contributed by atoms with Gasteiger partial charge in [-0.05, 0) is 25.0 Å². The molecule has 110 valence electrons. The summed E-state index contributed by atoms with van der Waals surface area (Å²) in [4.78, 5) is 0. The number of methoxy groups -OCH3 is 1. The Morgan fingerprint density at radius 2 is 1.95 bits per heavy atom. The van der Waals surface area contributed by atoms with Gasteiger partial charge in [-0.25, -0.2) is 4.39 Å². The molecule has 1 spiro atoms. The van der Waals surface area contributed by atoms with Crippen molar-refractivity contribution in [3.8, 4) is 5.75 Å². The molecule has 5 heteroatoms. The van der Waals surface area contributed by atoms with E-state index in [4.69, 9.17) is 14.2 Å². The fourth-order valence-corrected chi connectivity index (χ4v) is 2.99. The van der Waals surface area contributed by atoms with Crippen LogP contribution in [0, 0.1) is 5.82 Å². The lowest BCUT2D eigenvalue weighted by Gasteiger charge is -2.36. The van der Waals surface area contributed by atoms with Crippen molar-refractivity contribution in [1.82, 2.24) is 0 Å². The molecule has 0 aromatic heterocycles. The molecule has 1 aromatic rings. The maximum atomic E-state index is 13.2. The van der Waals surface area contributed by atoms with Gasteiger partial charge in [0, 0.05) is 24.9 Å². The number of halogens is 1. The van der Waals surface area contributed by atoms with E-state index in [2.05, 4.69) is 5.32 Å². The second-order valence-corrected chi connectivity index (χ2v) is 5.37. The van der Waals surface area contributed by atoms with Crippen molar-refractivity contribution in [2.45, 2.75) is 37.5 Å². The van der Waals surface area contributed by atoms with Crippen LogP contribution in [0.15, 0.2) is 18.2 Å². The van der Waals surface area contributed by atoms with Gasteiger partial charge in [0.2, 0.25) is 0 Å². The fourth-order valence-electron chi connectivity index (χ4n) is 2.99. The number of ether oxygens (including phenoxy) is 3. The van der Waals surface area contributed by atoms with Crippen molar-refractivity contribution >= 4 is 5.69 Å². The predicted octanol–water partition coefficient (Wildman–Crippen LogP) is 2.93. The lowest BCUT2D eigenvalue weighted by Crippen LogP contribution is -2.39. The molecule has 0 radical (unpaired) electrons. The molecule has 0 amide bonds. The van der Waals surface area contributed by atoms with Crippen LogP contribution in [0.5, 0.6) is 5.75 Å². The van der Waals surface area contributed by atoms with Crippen molar-refractivity contribution in [2.24, 2.45) is 0 Å². The number of nitrogens with one attached hydrogen (secondary N) is 1. The highest BCUT2D eigenvalue weighted by Gasteiger charge is 2.40. The molecule has 0 bridgehead atoms. The zero-order chi connectivity index (χ0) is 14.0. The first-order valence-corrected chi connectivity index (χ1v) is 7.09. The topological polar surface area (TPSA) is 39.7 Å². The maximum Gasteiger partial charge on any atom is 0.168 e. The van der Waals surface area contributed by atoms with Gasteiger partial charge < -0.3 is 19.5 Å². The van der Waals surface area contributed by atoms with Crippen LogP contribution in [0.25, 0.3) is 0 Å². The molecular weight excluding hydrogens is 261 g/mol. The van der Waals surface area contributed by atoms with Gasteiger partial charge in [0.1, 0.15) is 11.6 Å². The second-order valence-electron chi connectivity index (χ2n) is 5.37. The van der Waals surface area contributed by atoms with E-state index in [1.54, 1.807) is 13.2 Å². The Bertz CT molecular complexity index is 464. The van der Waals surface area contributed by atoms with Crippen LogP contribution >= 0.6 is 0 Å². The Morgan fingerprint density at radius 3 is 2.60 bits per heavy atom. The lowest BCUT2D eigenvalue weighted by atomic mass is 9.90. The van der Waals surface area contributed by atoms with E-state index in [-0.39, 0.29) is 11.6 Å². The molecule has 3 rings (SSSR count). The third-order valence-corrected chi connectivity index (χ3v) is 4.08. The Hall–Kier alpha value is -1.33. The molecule has 1 aromatic carbocycles. The Balaban J connectivity index is 1.62. The van der Waals surface area contributed by atoms with E-state index in [0.717, 1.165) is 31.4 Å². The average molecular weight is 281 g/mol. The molecule has 2 fully saturated rings. The second kappa shape index (κ2) is 5.58. The highest BCUT2D eigenvalue weighted by atomic mass is 19.1. The molecule has 1 aliphatic heterocycles. The molecule has 4 nitrogen and oxygen atoms in total. The van der Waals surface area contributed by atoms with Crippen LogP contribution in [-0.4, -0.2) is 32.2 Å². The third-order valence-electron chi connectivity index (χ3n) is 4.08. The minimum absolute atomic E-state index is 0.289. The molecule has 0 unspecified atom stereocenters. The summed E-state index contributed by atoms with van der Waals surface area (Å²) < 4.78 is 29.8. The average Bonchev–Trinajstić information content (AvgIpc) is 2.92. The summed E-state index contributed by atoms with van der Waals surface area (Å²) in [6, 6.07) is 4.91. The van der Waals surface area contributed by atoms with Crippen molar-refractivity contribution in [1.29, 1.82) is 0 Å². The maximum absolute atomic E-state index is 13.2. The molecule has 2 aliphatic rings. The van der Waals surface area contributed by atoms with Gasteiger partial charge in [0.15, 0.2) is 5.79 Å². The predicted molar refractivity (Wildman–Crippen MR) is 73.5 cm³/mol. The quantitative estimate of drug-likeness (QED) is 0.924. The molecule has 1 aliphatic carbocycles. The van der Waals surface area contributed by atoms with Crippen LogP contribution in [0.2, 0.25) is 0 Å². The van der Waals surface area contributed by atoms with E-state index in [1.165, 1.54) is 12.1 Å². The van der Waals surface area contributed by atoms with E-state index in [1.807, 2.05) is 0 Å². The van der Waals surface area contributed by atoms with E-state index in [9.17, 15) is 4.39 Å². The number of rotatable bonds is 3. The molecule has 1 N–H and O–H groups in total. The zero-order valence-electron chi connectivity index (χ0n) is 11.7. The smallest absolute Gasteiger partial charge is 0.168 e. The van der Waals surface area contributed by atoms with Crippen molar-refractivity contribution < 1.29 is 18.6 Å². The first-order chi connectivity index (χ1) is 9.71. The molecule has 0 atom stereocenters. The number of benzene rings is 1. The number of hydrogen-bond donors (Lipinski definition) is 1. The normalized spacial score (nSPS) is 22.1. The number of anilines is 1. The van der Waals surface area contributed by atoms with Gasteiger partial charge in [-0.2, -0.15) is 0 Å². The fraction of sp³-hybridized carbons (Fsp3) is 0.600. The first-order valence-electron chi connectivity index (χ1n) is 7.09. The Labute approximate surface area is 118 Å². The zero-order valence-corrected chi connectivity index (χ0v) is 11.7. The van der Waals surface area contributed by atoms with E-state index >= 15 is 0 Å². The lowest BCUT2D eigenvalue weighted by molar-refractivity contribution is -0.177. The minimum Gasteiger partial charge on any atom is -0.494 e. The van der Waals surface area contributed by atoms with Crippen LogP contribution in [0.4, 0.5) is 10.1 Å². The summed E-state index contributed by atoms with van der Waals surface area (Å²) in [5, 5.41) is 3.43. The highest BCUT2D eigenvalue weighted by Crippen LogP contribution is 2.37. The van der Waals surface area contributed by atoms with E-state index < -0.39 is 0 Å². The van der Waals surface area contributed by atoms with Crippen LogP contribution in [0.1, 0.15) is 25.7 Å². The van der Waals surface area contributed by atoms with Gasteiger partial charge >= 0.3 is 0 Å². The summed E-state index contributed by atoms with van der Waals surface area (Å²) in [6.45, 7) is 1.40.